The molecule has 2 atom stereocenters. The van der Waals surface area contributed by atoms with E-state index in [9.17, 15) is 14.7 Å². The maximum Gasteiger partial charge on any atom is 0.407 e. The van der Waals surface area contributed by atoms with E-state index in [1.807, 2.05) is 13.8 Å². The summed E-state index contributed by atoms with van der Waals surface area (Å²) in [7, 11) is 0. The van der Waals surface area contributed by atoms with Gasteiger partial charge in [-0.05, 0) is 42.4 Å². The molecule has 1 saturated heterocycles. The number of nitrogens with two attached hydrogens (primary N) is 1. The second kappa shape index (κ2) is 6.63. The van der Waals surface area contributed by atoms with Gasteiger partial charge in [-0.15, -0.1) is 0 Å². The molecule has 2 heterocycles. The molecule has 3 rings (SSSR count). The van der Waals surface area contributed by atoms with Crippen LogP contribution in [-0.2, 0) is 11.2 Å². The molecule has 3 N–H and O–H groups in total. The second-order valence-corrected chi connectivity index (χ2v) is 7.22. The van der Waals surface area contributed by atoms with Gasteiger partial charge < -0.3 is 20.6 Å². The lowest BCUT2D eigenvalue weighted by Crippen LogP contribution is -2.40. The molecule has 0 aromatic heterocycles. The van der Waals surface area contributed by atoms with E-state index in [0.717, 1.165) is 0 Å². The first-order chi connectivity index (χ1) is 11.8. The Kier molecular flexibility index (Phi) is 4.69. The third-order valence-electron chi connectivity index (χ3n) is 5.08. The van der Waals surface area contributed by atoms with Crippen molar-refractivity contribution >= 4 is 17.7 Å². The number of halogens is 1. The van der Waals surface area contributed by atoms with E-state index in [-0.39, 0.29) is 30.1 Å². The number of carbonyl (C=O) groups is 2. The summed E-state index contributed by atoms with van der Waals surface area (Å²) < 4.78 is 15.1. The van der Waals surface area contributed by atoms with E-state index >= 15 is 4.39 Å². The highest BCUT2D eigenvalue weighted by Gasteiger charge is 2.36. The first-order valence-electron chi connectivity index (χ1n) is 8.69. The smallest absolute Gasteiger partial charge is 0.407 e. The van der Waals surface area contributed by atoms with E-state index in [1.165, 1.54) is 9.80 Å². The van der Waals surface area contributed by atoms with Gasteiger partial charge >= 0.3 is 6.09 Å². The van der Waals surface area contributed by atoms with E-state index in [4.69, 9.17) is 5.73 Å². The Morgan fingerprint density at radius 2 is 2.12 bits per heavy atom. The topological polar surface area (TPSA) is 86.9 Å². The van der Waals surface area contributed by atoms with E-state index in [2.05, 4.69) is 0 Å². The van der Waals surface area contributed by atoms with Crippen LogP contribution >= 0.6 is 0 Å². The van der Waals surface area contributed by atoms with Gasteiger partial charge in [-0.25, -0.2) is 9.18 Å². The van der Waals surface area contributed by atoms with Crippen molar-refractivity contribution in [2.75, 3.05) is 18.0 Å². The fourth-order valence-electron chi connectivity index (χ4n) is 3.83. The number of amides is 2. The summed E-state index contributed by atoms with van der Waals surface area (Å²) in [4.78, 5) is 26.5. The van der Waals surface area contributed by atoms with Crippen molar-refractivity contribution in [3.63, 3.8) is 0 Å². The summed E-state index contributed by atoms with van der Waals surface area (Å²) in [5, 5.41) is 9.47. The van der Waals surface area contributed by atoms with Gasteiger partial charge in [0.05, 0.1) is 17.8 Å². The van der Waals surface area contributed by atoms with Crippen LogP contribution in [0.2, 0.25) is 0 Å². The Bertz CT molecular complexity index is 707. The number of benzene rings is 1. The summed E-state index contributed by atoms with van der Waals surface area (Å²) in [5.74, 6) is -0.405. The van der Waals surface area contributed by atoms with Gasteiger partial charge in [-0.1, -0.05) is 19.9 Å². The number of nitrogens with zero attached hydrogens (tertiary/aromatic N) is 2. The SMILES string of the molecule is CC(C)CC1c2ccc(N3CC[C@H](N)C3=O)c(F)c2CCN1C(=O)O. The van der Waals surface area contributed by atoms with Gasteiger partial charge in [0.2, 0.25) is 5.91 Å². The Morgan fingerprint density at radius 3 is 2.68 bits per heavy atom. The molecule has 0 radical (unpaired) electrons. The monoisotopic (exact) mass is 349 g/mol. The lowest BCUT2D eigenvalue weighted by atomic mass is 9.87. The normalized spacial score (nSPS) is 23.3. The molecule has 136 valence electrons. The molecule has 0 saturated carbocycles. The number of fused-ring (bicyclic) bond motifs is 1. The molecule has 25 heavy (non-hydrogen) atoms. The van der Waals surface area contributed by atoms with Crippen LogP contribution in [0.4, 0.5) is 14.9 Å². The molecule has 1 unspecified atom stereocenters. The maximum absolute atomic E-state index is 15.1. The predicted octanol–water partition coefficient (Wildman–Crippen LogP) is 2.51. The number of anilines is 1. The number of hydrogen-bond acceptors (Lipinski definition) is 3. The summed E-state index contributed by atoms with van der Waals surface area (Å²) in [6.45, 7) is 4.70. The lowest BCUT2D eigenvalue weighted by molar-refractivity contribution is -0.118. The number of carboxylic acid groups (broad SMARTS) is 1. The average Bonchev–Trinajstić information content (AvgIpc) is 2.87. The highest BCUT2D eigenvalue weighted by atomic mass is 19.1. The summed E-state index contributed by atoms with van der Waals surface area (Å²) in [5.41, 5.74) is 7.22. The Labute approximate surface area is 146 Å². The van der Waals surface area contributed by atoms with Crippen LogP contribution in [0, 0.1) is 11.7 Å². The summed E-state index contributed by atoms with van der Waals surface area (Å²) >= 11 is 0. The molecule has 2 aliphatic heterocycles. The quantitative estimate of drug-likeness (QED) is 0.878. The lowest BCUT2D eigenvalue weighted by Gasteiger charge is -2.37. The highest BCUT2D eigenvalue weighted by molar-refractivity contribution is 5.99. The minimum atomic E-state index is -0.985. The molecule has 1 aromatic rings. The number of carbonyl (C=O) groups excluding carboxylic acids is 1. The minimum absolute atomic E-state index is 0.253. The van der Waals surface area contributed by atoms with Crippen molar-refractivity contribution in [3.05, 3.63) is 29.1 Å². The van der Waals surface area contributed by atoms with Crippen LogP contribution in [0.3, 0.4) is 0 Å². The van der Waals surface area contributed by atoms with Crippen molar-refractivity contribution in [1.82, 2.24) is 4.90 Å². The highest BCUT2D eigenvalue weighted by Crippen LogP contribution is 2.39. The molecule has 7 heteroatoms. The van der Waals surface area contributed by atoms with Crippen LogP contribution < -0.4 is 10.6 Å². The second-order valence-electron chi connectivity index (χ2n) is 7.22. The zero-order valence-electron chi connectivity index (χ0n) is 14.5. The molecule has 1 aromatic carbocycles. The van der Waals surface area contributed by atoms with Crippen LogP contribution in [0.25, 0.3) is 0 Å². The minimum Gasteiger partial charge on any atom is -0.465 e. The molecule has 6 nitrogen and oxygen atoms in total. The largest absolute Gasteiger partial charge is 0.465 e. The summed E-state index contributed by atoms with van der Waals surface area (Å²) in [6, 6.07) is 2.42. The summed E-state index contributed by atoms with van der Waals surface area (Å²) in [6.07, 6.45) is 0.467. The predicted molar refractivity (Wildman–Crippen MR) is 92.0 cm³/mol. The zero-order valence-corrected chi connectivity index (χ0v) is 14.5. The van der Waals surface area contributed by atoms with E-state index in [0.29, 0.717) is 36.9 Å². The average molecular weight is 349 g/mol. The van der Waals surface area contributed by atoms with Crippen molar-refractivity contribution in [2.45, 2.75) is 45.2 Å². The molecule has 1 fully saturated rings. The zero-order chi connectivity index (χ0) is 18.3. The van der Waals surface area contributed by atoms with E-state index in [1.54, 1.807) is 12.1 Å². The van der Waals surface area contributed by atoms with Gasteiger partial charge in [0.15, 0.2) is 5.82 Å². The van der Waals surface area contributed by atoms with Crippen LogP contribution in [0.1, 0.15) is 43.9 Å². The molecule has 0 bridgehead atoms. The van der Waals surface area contributed by atoms with Crippen LogP contribution in [0.15, 0.2) is 12.1 Å². The number of rotatable bonds is 3. The fraction of sp³-hybridized carbons (Fsp3) is 0.556. The van der Waals surface area contributed by atoms with Crippen molar-refractivity contribution in [3.8, 4) is 0 Å². The van der Waals surface area contributed by atoms with Crippen LogP contribution in [0.5, 0.6) is 0 Å². The van der Waals surface area contributed by atoms with Gasteiger partial charge in [-0.2, -0.15) is 0 Å². The Hall–Kier alpha value is -2.15. The van der Waals surface area contributed by atoms with Gasteiger partial charge in [0.25, 0.3) is 0 Å². The van der Waals surface area contributed by atoms with E-state index < -0.39 is 18.0 Å². The first-order valence-corrected chi connectivity index (χ1v) is 8.69. The molecule has 2 amide bonds. The Balaban J connectivity index is 2.01. The van der Waals surface area contributed by atoms with Crippen molar-refractivity contribution in [1.29, 1.82) is 0 Å². The third kappa shape index (κ3) is 3.08. The van der Waals surface area contributed by atoms with Gasteiger partial charge in [-0.3, -0.25) is 4.79 Å². The van der Waals surface area contributed by atoms with Crippen molar-refractivity contribution in [2.24, 2.45) is 11.7 Å². The van der Waals surface area contributed by atoms with Gasteiger partial charge in [0.1, 0.15) is 0 Å². The Morgan fingerprint density at radius 1 is 1.40 bits per heavy atom. The van der Waals surface area contributed by atoms with Gasteiger partial charge in [0, 0.05) is 13.1 Å². The number of hydrogen-bond donors (Lipinski definition) is 2. The molecular weight excluding hydrogens is 325 g/mol. The molecule has 0 aliphatic carbocycles. The van der Waals surface area contributed by atoms with Crippen molar-refractivity contribution < 1.29 is 19.1 Å². The molecular formula is C18H24FN3O3. The fourth-order valence-corrected chi connectivity index (χ4v) is 3.83. The van der Waals surface area contributed by atoms with Crippen LogP contribution in [-0.4, -0.2) is 41.1 Å². The molecule has 2 aliphatic rings. The first kappa shape index (κ1) is 17.7. The third-order valence-corrected chi connectivity index (χ3v) is 5.08. The standard InChI is InChI=1S/C18H24FN3O3/c1-10(2)9-15-11-3-4-14(21-8-6-13(20)17(21)23)16(19)12(11)5-7-22(15)18(24)25/h3-4,10,13,15H,5-9,20H2,1-2H3,(H,24,25)/t13-,15?/m0/s1. The maximum atomic E-state index is 15.1. The molecule has 0 spiro atoms.